The van der Waals surface area contributed by atoms with Crippen LogP contribution in [0.25, 0.3) is 0 Å². The number of aromatic nitrogens is 4. The normalized spacial score (nSPS) is 21.7. The molecule has 0 amide bonds. The molecule has 136 valence electrons. The Morgan fingerprint density at radius 1 is 1.08 bits per heavy atom. The van der Waals surface area contributed by atoms with Crippen molar-refractivity contribution in [3.05, 3.63) is 35.5 Å². The molecule has 3 rings (SSSR count). The summed E-state index contributed by atoms with van der Waals surface area (Å²) in [6, 6.07) is 4.08. The van der Waals surface area contributed by atoms with Gasteiger partial charge in [-0.15, -0.1) is 0 Å². The minimum absolute atomic E-state index is 0.0512. The van der Waals surface area contributed by atoms with Crippen molar-refractivity contribution < 1.29 is 0 Å². The van der Waals surface area contributed by atoms with Gasteiger partial charge in [-0.3, -0.25) is 0 Å². The SMILES string of the molecule is CC(C)(C)c1ccnc(C2CCC(c3cc(N)n(C(C)(C)C)n3)C2)n1. The van der Waals surface area contributed by atoms with E-state index in [1.807, 2.05) is 23.0 Å². The van der Waals surface area contributed by atoms with Crippen LogP contribution in [-0.4, -0.2) is 19.7 Å². The highest BCUT2D eigenvalue weighted by atomic mass is 15.3. The van der Waals surface area contributed by atoms with Gasteiger partial charge in [-0.05, 0) is 46.1 Å². The van der Waals surface area contributed by atoms with E-state index >= 15 is 0 Å². The summed E-state index contributed by atoms with van der Waals surface area (Å²) in [5.41, 5.74) is 8.37. The van der Waals surface area contributed by atoms with Gasteiger partial charge >= 0.3 is 0 Å². The molecule has 2 unspecified atom stereocenters. The highest BCUT2D eigenvalue weighted by molar-refractivity contribution is 5.34. The van der Waals surface area contributed by atoms with E-state index in [2.05, 4.69) is 46.5 Å². The first-order valence-electron chi connectivity index (χ1n) is 9.25. The van der Waals surface area contributed by atoms with Gasteiger partial charge in [0.15, 0.2) is 0 Å². The second kappa shape index (κ2) is 6.11. The monoisotopic (exact) mass is 341 g/mol. The van der Waals surface area contributed by atoms with E-state index in [1.165, 1.54) is 0 Å². The van der Waals surface area contributed by atoms with Crippen LogP contribution in [0.4, 0.5) is 5.82 Å². The quantitative estimate of drug-likeness (QED) is 0.881. The zero-order valence-corrected chi connectivity index (χ0v) is 16.4. The minimum atomic E-state index is -0.0928. The predicted molar refractivity (Wildman–Crippen MR) is 102 cm³/mol. The van der Waals surface area contributed by atoms with Crippen LogP contribution in [0.2, 0.25) is 0 Å². The standard InChI is InChI=1S/C20H31N5/c1-19(2,3)16-9-10-22-18(23-16)14-8-7-13(11-14)15-12-17(21)25(24-15)20(4,5)6/h9-10,12-14H,7-8,11,21H2,1-6H3. The Labute approximate surface area is 151 Å². The molecule has 5 heteroatoms. The molecule has 2 heterocycles. The molecule has 2 aromatic heterocycles. The lowest BCUT2D eigenvalue weighted by atomic mass is 9.91. The van der Waals surface area contributed by atoms with E-state index in [9.17, 15) is 0 Å². The third-order valence-electron chi connectivity index (χ3n) is 5.05. The van der Waals surface area contributed by atoms with E-state index < -0.39 is 0 Å². The van der Waals surface area contributed by atoms with Gasteiger partial charge in [0, 0.05) is 35.2 Å². The van der Waals surface area contributed by atoms with Crippen LogP contribution in [0.15, 0.2) is 18.3 Å². The molecule has 0 bridgehead atoms. The summed E-state index contributed by atoms with van der Waals surface area (Å²) in [6.07, 6.45) is 5.19. The lowest BCUT2D eigenvalue weighted by Gasteiger charge is -2.20. The van der Waals surface area contributed by atoms with Gasteiger partial charge in [0.05, 0.1) is 11.2 Å². The zero-order valence-electron chi connectivity index (χ0n) is 16.4. The van der Waals surface area contributed by atoms with Crippen molar-refractivity contribution in [1.82, 2.24) is 19.7 Å². The molecule has 2 aromatic rings. The van der Waals surface area contributed by atoms with Gasteiger partial charge < -0.3 is 5.73 Å². The lowest BCUT2D eigenvalue weighted by molar-refractivity contribution is 0.357. The third kappa shape index (κ3) is 3.70. The molecule has 2 N–H and O–H groups in total. The fourth-order valence-electron chi connectivity index (χ4n) is 3.62. The van der Waals surface area contributed by atoms with E-state index in [0.29, 0.717) is 11.8 Å². The summed E-state index contributed by atoms with van der Waals surface area (Å²) < 4.78 is 1.94. The van der Waals surface area contributed by atoms with Crippen LogP contribution >= 0.6 is 0 Å². The van der Waals surface area contributed by atoms with E-state index in [1.54, 1.807) is 0 Å². The first-order valence-corrected chi connectivity index (χ1v) is 9.25. The lowest BCUT2D eigenvalue weighted by Crippen LogP contribution is -2.24. The number of hydrogen-bond acceptors (Lipinski definition) is 4. The van der Waals surface area contributed by atoms with E-state index in [0.717, 1.165) is 42.3 Å². The largest absolute Gasteiger partial charge is 0.384 e. The number of nitrogens with zero attached hydrogens (tertiary/aromatic N) is 4. The van der Waals surface area contributed by atoms with Crippen molar-refractivity contribution in [3.63, 3.8) is 0 Å². The molecular weight excluding hydrogens is 310 g/mol. The van der Waals surface area contributed by atoms with Crippen molar-refractivity contribution >= 4 is 5.82 Å². The number of nitrogens with two attached hydrogens (primary N) is 1. The summed E-state index contributed by atoms with van der Waals surface area (Å²) >= 11 is 0. The van der Waals surface area contributed by atoms with Crippen LogP contribution in [0.1, 0.15) is 89.9 Å². The van der Waals surface area contributed by atoms with Crippen LogP contribution in [-0.2, 0) is 11.0 Å². The Morgan fingerprint density at radius 3 is 2.36 bits per heavy atom. The molecule has 2 atom stereocenters. The Morgan fingerprint density at radius 2 is 1.76 bits per heavy atom. The van der Waals surface area contributed by atoms with Gasteiger partial charge in [0.25, 0.3) is 0 Å². The second-order valence-electron chi connectivity index (χ2n) is 9.33. The molecule has 0 aliphatic heterocycles. The molecule has 1 aliphatic rings. The molecule has 1 saturated carbocycles. The van der Waals surface area contributed by atoms with E-state index in [-0.39, 0.29) is 11.0 Å². The molecule has 5 nitrogen and oxygen atoms in total. The number of hydrogen-bond donors (Lipinski definition) is 1. The third-order valence-corrected chi connectivity index (χ3v) is 5.05. The van der Waals surface area contributed by atoms with Crippen LogP contribution < -0.4 is 5.73 Å². The van der Waals surface area contributed by atoms with Crippen LogP contribution in [0, 0.1) is 0 Å². The second-order valence-corrected chi connectivity index (χ2v) is 9.33. The maximum atomic E-state index is 6.18. The number of rotatable bonds is 2. The van der Waals surface area contributed by atoms with Gasteiger partial charge in [0.2, 0.25) is 0 Å². The topological polar surface area (TPSA) is 69.6 Å². The maximum absolute atomic E-state index is 6.18. The minimum Gasteiger partial charge on any atom is -0.384 e. The Hall–Kier alpha value is -1.91. The molecular formula is C20H31N5. The molecule has 1 aliphatic carbocycles. The Kier molecular flexibility index (Phi) is 4.38. The molecule has 0 radical (unpaired) electrons. The molecule has 0 saturated heterocycles. The van der Waals surface area contributed by atoms with Gasteiger partial charge in [-0.1, -0.05) is 20.8 Å². The highest BCUT2D eigenvalue weighted by Gasteiger charge is 2.32. The van der Waals surface area contributed by atoms with Crippen molar-refractivity contribution in [2.24, 2.45) is 0 Å². The fourth-order valence-corrected chi connectivity index (χ4v) is 3.62. The van der Waals surface area contributed by atoms with Crippen molar-refractivity contribution in [2.75, 3.05) is 5.73 Å². The van der Waals surface area contributed by atoms with Crippen LogP contribution in [0.5, 0.6) is 0 Å². The average molecular weight is 342 g/mol. The summed E-state index contributed by atoms with van der Waals surface area (Å²) in [4.78, 5) is 9.42. The smallest absolute Gasteiger partial charge is 0.131 e. The summed E-state index contributed by atoms with van der Waals surface area (Å²) in [5, 5.41) is 4.80. The summed E-state index contributed by atoms with van der Waals surface area (Å²) in [7, 11) is 0. The molecule has 25 heavy (non-hydrogen) atoms. The Bertz CT molecular complexity index is 748. The first-order chi connectivity index (χ1) is 11.6. The summed E-state index contributed by atoms with van der Waals surface area (Å²) in [5.74, 6) is 2.58. The first kappa shape index (κ1) is 17.9. The average Bonchev–Trinajstić information content (AvgIpc) is 3.12. The van der Waals surface area contributed by atoms with Crippen molar-refractivity contribution in [3.8, 4) is 0 Å². The van der Waals surface area contributed by atoms with Gasteiger partial charge in [-0.25, -0.2) is 14.6 Å². The fraction of sp³-hybridized carbons (Fsp3) is 0.650. The maximum Gasteiger partial charge on any atom is 0.131 e. The van der Waals surface area contributed by atoms with Crippen LogP contribution in [0.3, 0.4) is 0 Å². The van der Waals surface area contributed by atoms with Crippen molar-refractivity contribution in [1.29, 1.82) is 0 Å². The zero-order chi connectivity index (χ0) is 18.4. The predicted octanol–water partition coefficient (Wildman–Crippen LogP) is 4.36. The number of nitrogen functional groups attached to an aromatic ring is 1. The molecule has 1 fully saturated rings. The number of anilines is 1. The van der Waals surface area contributed by atoms with Gasteiger partial charge in [-0.2, -0.15) is 5.10 Å². The van der Waals surface area contributed by atoms with E-state index in [4.69, 9.17) is 15.8 Å². The van der Waals surface area contributed by atoms with Crippen molar-refractivity contribution in [2.45, 2.75) is 83.6 Å². The Balaban J connectivity index is 1.79. The van der Waals surface area contributed by atoms with Gasteiger partial charge in [0.1, 0.15) is 11.6 Å². The molecule has 0 spiro atoms. The highest BCUT2D eigenvalue weighted by Crippen LogP contribution is 2.43. The molecule has 0 aromatic carbocycles. The summed E-state index contributed by atoms with van der Waals surface area (Å²) in [6.45, 7) is 13.0.